The van der Waals surface area contributed by atoms with Crippen LogP contribution in [0.1, 0.15) is 11.1 Å². The minimum atomic E-state index is -0.388. The number of hydrogen-bond donors (Lipinski definition) is 1. The number of aromatic amines is 1. The quantitative estimate of drug-likeness (QED) is 0.673. The third-order valence-electron chi connectivity index (χ3n) is 4.15. The molecule has 1 heterocycles. The lowest BCUT2D eigenvalue weighted by Gasteiger charge is -2.06. The van der Waals surface area contributed by atoms with Crippen molar-refractivity contribution < 1.29 is 4.74 Å². The largest absolute Gasteiger partial charge is 0.496 e. The molecular weight excluding hydrogens is 376 g/mol. The van der Waals surface area contributed by atoms with E-state index < -0.39 is 0 Å². The molecule has 0 fully saturated rings. The molecule has 2 aromatic carbocycles. The summed E-state index contributed by atoms with van der Waals surface area (Å²) < 4.78 is 6.72. The van der Waals surface area contributed by atoms with Crippen molar-refractivity contribution in [1.29, 1.82) is 0 Å². The number of halogens is 1. The number of H-pyrrole nitrogens is 1. The standard InChI is InChI=1S/C22H19ClN2O3/c1-3-11-25-19(14-16-8-4-5-10-20(16)28-2)21(26)24-18(22(25)27)13-15-7-6-9-17(23)12-15/h3-10,12-14H,1,11H2,2H3,(H,24,26)/b18-13+,19-14+. The molecule has 0 atom stereocenters. The minimum Gasteiger partial charge on any atom is -0.496 e. The third-order valence-corrected chi connectivity index (χ3v) is 4.38. The zero-order valence-electron chi connectivity index (χ0n) is 15.3. The molecule has 0 bridgehead atoms. The van der Waals surface area contributed by atoms with Crippen molar-refractivity contribution in [1.82, 2.24) is 9.55 Å². The first-order chi connectivity index (χ1) is 13.5. The van der Waals surface area contributed by atoms with Crippen LogP contribution in [0.3, 0.4) is 0 Å². The fourth-order valence-electron chi connectivity index (χ4n) is 2.86. The molecule has 0 aliphatic rings. The summed E-state index contributed by atoms with van der Waals surface area (Å²) in [5.74, 6) is 0.606. The summed E-state index contributed by atoms with van der Waals surface area (Å²) in [7, 11) is 1.55. The first-order valence-electron chi connectivity index (χ1n) is 8.59. The number of nitrogens with one attached hydrogen (secondary N) is 1. The average Bonchev–Trinajstić information content (AvgIpc) is 2.69. The highest BCUT2D eigenvalue weighted by atomic mass is 35.5. The summed E-state index contributed by atoms with van der Waals surface area (Å²) >= 11 is 6.00. The summed E-state index contributed by atoms with van der Waals surface area (Å²) in [4.78, 5) is 28.5. The van der Waals surface area contributed by atoms with E-state index in [1.807, 2.05) is 18.2 Å². The number of nitrogens with zero attached hydrogens (tertiary/aromatic N) is 1. The number of para-hydroxylation sites is 1. The maximum absolute atomic E-state index is 13.0. The van der Waals surface area contributed by atoms with Crippen LogP contribution in [0.4, 0.5) is 0 Å². The average molecular weight is 395 g/mol. The Morgan fingerprint density at radius 2 is 1.93 bits per heavy atom. The van der Waals surface area contributed by atoms with E-state index in [4.69, 9.17) is 16.3 Å². The van der Waals surface area contributed by atoms with Crippen LogP contribution < -0.4 is 26.6 Å². The zero-order valence-corrected chi connectivity index (χ0v) is 16.1. The molecule has 28 heavy (non-hydrogen) atoms. The van der Waals surface area contributed by atoms with Gasteiger partial charge in [-0.25, -0.2) is 0 Å². The first kappa shape index (κ1) is 19.5. The monoisotopic (exact) mass is 394 g/mol. The highest BCUT2D eigenvalue weighted by Crippen LogP contribution is 2.17. The molecule has 1 N–H and O–H groups in total. The van der Waals surface area contributed by atoms with Crippen LogP contribution in [-0.4, -0.2) is 16.7 Å². The number of allylic oxidation sites excluding steroid dienone is 1. The lowest BCUT2D eigenvalue weighted by atomic mass is 10.2. The molecule has 0 unspecified atom stereocenters. The molecule has 6 heteroatoms. The van der Waals surface area contributed by atoms with Gasteiger partial charge in [-0.3, -0.25) is 14.2 Å². The number of ether oxygens (including phenoxy) is 1. The van der Waals surface area contributed by atoms with E-state index in [0.29, 0.717) is 21.9 Å². The summed E-state index contributed by atoms with van der Waals surface area (Å²) in [5, 5.41) is 0.938. The summed E-state index contributed by atoms with van der Waals surface area (Å²) in [5.41, 5.74) is 0.687. The van der Waals surface area contributed by atoms with E-state index in [2.05, 4.69) is 11.6 Å². The van der Waals surface area contributed by atoms with Gasteiger partial charge in [-0.2, -0.15) is 0 Å². The highest BCUT2D eigenvalue weighted by Gasteiger charge is 2.06. The predicted octanol–water partition coefficient (Wildman–Crippen LogP) is 2.04. The third kappa shape index (κ3) is 4.15. The Kier molecular flexibility index (Phi) is 5.96. The Labute approximate surface area is 166 Å². The fourth-order valence-corrected chi connectivity index (χ4v) is 3.06. The molecule has 3 rings (SSSR count). The second-order valence-corrected chi connectivity index (χ2v) is 6.48. The van der Waals surface area contributed by atoms with Crippen LogP contribution in [0.2, 0.25) is 5.02 Å². The van der Waals surface area contributed by atoms with Crippen molar-refractivity contribution in [2.45, 2.75) is 6.54 Å². The lowest BCUT2D eigenvalue weighted by molar-refractivity contribution is 0.414. The van der Waals surface area contributed by atoms with Crippen LogP contribution in [0, 0.1) is 0 Å². The normalized spacial score (nSPS) is 12.2. The lowest BCUT2D eigenvalue weighted by Crippen LogP contribution is -2.53. The van der Waals surface area contributed by atoms with Gasteiger partial charge in [-0.15, -0.1) is 6.58 Å². The Balaban J connectivity index is 2.31. The summed E-state index contributed by atoms with van der Waals surface area (Å²) in [6, 6.07) is 14.3. The molecule has 0 aliphatic heterocycles. The Morgan fingerprint density at radius 3 is 2.64 bits per heavy atom. The van der Waals surface area contributed by atoms with Crippen molar-refractivity contribution in [2.24, 2.45) is 0 Å². The van der Waals surface area contributed by atoms with Gasteiger partial charge >= 0.3 is 0 Å². The summed E-state index contributed by atoms with van der Waals surface area (Å²) in [6.45, 7) is 3.89. The number of hydrogen-bond acceptors (Lipinski definition) is 3. The van der Waals surface area contributed by atoms with E-state index in [-0.39, 0.29) is 28.4 Å². The minimum absolute atomic E-state index is 0.172. The van der Waals surface area contributed by atoms with E-state index >= 15 is 0 Å². The van der Waals surface area contributed by atoms with Gasteiger partial charge in [0, 0.05) is 17.1 Å². The highest BCUT2D eigenvalue weighted by molar-refractivity contribution is 6.30. The number of aromatic nitrogens is 2. The molecule has 142 valence electrons. The van der Waals surface area contributed by atoms with Gasteiger partial charge in [-0.1, -0.05) is 48.0 Å². The first-order valence-corrected chi connectivity index (χ1v) is 8.97. The molecule has 0 radical (unpaired) electrons. The van der Waals surface area contributed by atoms with Crippen LogP contribution in [0.5, 0.6) is 5.75 Å². The number of rotatable bonds is 5. The van der Waals surface area contributed by atoms with Crippen molar-refractivity contribution in [2.75, 3.05) is 7.11 Å². The number of methoxy groups -OCH3 is 1. The van der Waals surface area contributed by atoms with Crippen LogP contribution in [-0.2, 0) is 6.54 Å². The van der Waals surface area contributed by atoms with Crippen molar-refractivity contribution in [3.05, 3.63) is 109 Å². The SMILES string of the molecule is C=CCn1c(=O)/c(=C\c2cccc(Cl)c2)[nH]c(=O)/c1=C\c1ccccc1OC. The molecular formula is C22H19ClN2O3. The van der Waals surface area contributed by atoms with Gasteiger partial charge in [0.25, 0.3) is 11.1 Å². The second kappa shape index (κ2) is 8.59. The fraction of sp³-hybridized carbons (Fsp3) is 0.0909. The van der Waals surface area contributed by atoms with Gasteiger partial charge in [-0.05, 0) is 35.9 Å². The molecule has 0 saturated carbocycles. The van der Waals surface area contributed by atoms with E-state index in [0.717, 1.165) is 0 Å². The summed E-state index contributed by atoms with van der Waals surface area (Å²) in [6.07, 6.45) is 4.80. The molecule has 0 spiro atoms. The van der Waals surface area contributed by atoms with Crippen molar-refractivity contribution in [3.63, 3.8) is 0 Å². The molecule has 1 aromatic heterocycles. The topological polar surface area (TPSA) is 64.1 Å². The van der Waals surface area contributed by atoms with Gasteiger partial charge in [0.1, 0.15) is 16.4 Å². The maximum atomic E-state index is 13.0. The maximum Gasteiger partial charge on any atom is 0.275 e. The van der Waals surface area contributed by atoms with E-state index in [1.165, 1.54) is 4.57 Å². The molecule has 0 amide bonds. The van der Waals surface area contributed by atoms with Gasteiger partial charge in [0.2, 0.25) is 0 Å². The van der Waals surface area contributed by atoms with Crippen molar-refractivity contribution in [3.8, 4) is 5.75 Å². The number of benzene rings is 2. The van der Waals surface area contributed by atoms with E-state index in [1.54, 1.807) is 55.7 Å². The Morgan fingerprint density at radius 1 is 1.14 bits per heavy atom. The van der Waals surface area contributed by atoms with Crippen molar-refractivity contribution >= 4 is 23.8 Å². The molecule has 3 aromatic rings. The molecule has 5 nitrogen and oxygen atoms in total. The van der Waals surface area contributed by atoms with Crippen LogP contribution in [0.25, 0.3) is 12.2 Å². The molecule has 0 saturated heterocycles. The van der Waals surface area contributed by atoms with Gasteiger partial charge in [0.15, 0.2) is 0 Å². The van der Waals surface area contributed by atoms with Gasteiger partial charge in [0.05, 0.1) is 7.11 Å². The van der Waals surface area contributed by atoms with E-state index in [9.17, 15) is 9.59 Å². The Bertz CT molecular complexity index is 1260. The zero-order chi connectivity index (χ0) is 20.1. The Hall–Kier alpha value is -3.31. The van der Waals surface area contributed by atoms with Gasteiger partial charge < -0.3 is 9.72 Å². The molecule has 0 aliphatic carbocycles. The van der Waals surface area contributed by atoms with Crippen LogP contribution in [0.15, 0.2) is 70.8 Å². The predicted molar refractivity (Wildman–Crippen MR) is 112 cm³/mol. The van der Waals surface area contributed by atoms with Crippen LogP contribution >= 0.6 is 11.6 Å². The smallest absolute Gasteiger partial charge is 0.275 e. The second-order valence-electron chi connectivity index (χ2n) is 6.04.